The van der Waals surface area contributed by atoms with Gasteiger partial charge in [0.2, 0.25) is 0 Å². The van der Waals surface area contributed by atoms with Gasteiger partial charge < -0.3 is 10.4 Å². The van der Waals surface area contributed by atoms with Crippen molar-refractivity contribution >= 4 is 0 Å². The highest BCUT2D eigenvalue weighted by Crippen LogP contribution is 2.21. The average molecular weight is 501 g/mol. The van der Waals surface area contributed by atoms with Crippen LogP contribution in [0, 0.1) is 21.7 Å². The fraction of sp³-hybridized carbons (Fsp3) is 1.00. The van der Waals surface area contributed by atoms with Crippen molar-refractivity contribution in [2.75, 3.05) is 80.3 Å². The highest BCUT2D eigenvalue weighted by Gasteiger charge is 2.27. The summed E-state index contributed by atoms with van der Waals surface area (Å²) in [5.74, 6) is 0. The first-order valence-electron chi connectivity index (χ1n) is 13.4. The van der Waals surface area contributed by atoms with Crippen LogP contribution in [-0.4, -0.2) is 110 Å². The molecule has 1 rings (SSSR count). The van der Waals surface area contributed by atoms with Crippen molar-refractivity contribution in [3.05, 3.63) is 0 Å². The first-order chi connectivity index (χ1) is 15.6. The SMILES string of the molecule is CN(CNCC(C)(C)C)CN(CO)CC(C)(C)C.CN1CN(CC(C)(C)C)CN(CC(C)(C)C)C1. The van der Waals surface area contributed by atoms with Crippen LogP contribution in [0.2, 0.25) is 0 Å². The molecule has 0 aromatic rings. The zero-order valence-corrected chi connectivity index (χ0v) is 26.3. The van der Waals surface area contributed by atoms with Crippen LogP contribution in [0.5, 0.6) is 0 Å². The van der Waals surface area contributed by atoms with E-state index in [0.29, 0.717) is 16.2 Å². The summed E-state index contributed by atoms with van der Waals surface area (Å²) in [4.78, 5) is 11.7. The number of nitrogens with zero attached hydrogens (tertiary/aromatic N) is 5. The normalized spacial score (nSPS) is 17.7. The Bertz CT molecular complexity index is 532. The summed E-state index contributed by atoms with van der Waals surface area (Å²) < 4.78 is 0. The van der Waals surface area contributed by atoms with E-state index in [9.17, 15) is 5.11 Å². The van der Waals surface area contributed by atoms with E-state index in [1.165, 1.54) is 0 Å². The highest BCUT2D eigenvalue weighted by molar-refractivity contribution is 4.76. The van der Waals surface area contributed by atoms with Gasteiger partial charge >= 0.3 is 0 Å². The Hall–Kier alpha value is -0.280. The van der Waals surface area contributed by atoms with Crippen molar-refractivity contribution in [3.63, 3.8) is 0 Å². The number of hydrogen-bond donors (Lipinski definition) is 2. The first kappa shape index (κ1) is 34.7. The van der Waals surface area contributed by atoms with Crippen molar-refractivity contribution in [1.82, 2.24) is 29.8 Å². The molecule has 35 heavy (non-hydrogen) atoms. The maximum absolute atomic E-state index is 9.37. The predicted molar refractivity (Wildman–Crippen MR) is 153 cm³/mol. The summed E-state index contributed by atoms with van der Waals surface area (Å²) in [6.07, 6.45) is 0. The van der Waals surface area contributed by atoms with E-state index >= 15 is 0 Å². The van der Waals surface area contributed by atoms with E-state index < -0.39 is 0 Å². The largest absolute Gasteiger partial charge is 0.381 e. The molecule has 212 valence electrons. The van der Waals surface area contributed by atoms with Crippen LogP contribution in [0.1, 0.15) is 83.1 Å². The Morgan fingerprint density at radius 3 is 1.51 bits per heavy atom. The van der Waals surface area contributed by atoms with Gasteiger partial charge in [0.1, 0.15) is 0 Å². The minimum Gasteiger partial charge on any atom is -0.381 e. The Labute approximate surface area is 220 Å². The molecule has 0 aromatic heterocycles. The summed E-state index contributed by atoms with van der Waals surface area (Å²) in [5, 5.41) is 12.8. The molecule has 7 nitrogen and oxygen atoms in total. The second-order valence-electron chi connectivity index (χ2n) is 15.7. The maximum Gasteiger partial charge on any atom is 0.0966 e. The molecule has 0 unspecified atom stereocenters. The number of aliphatic hydroxyl groups excluding tert-OH is 1. The van der Waals surface area contributed by atoms with Crippen molar-refractivity contribution in [1.29, 1.82) is 0 Å². The number of rotatable bonds is 9. The van der Waals surface area contributed by atoms with Crippen molar-refractivity contribution in [2.45, 2.75) is 83.1 Å². The summed E-state index contributed by atoms with van der Waals surface area (Å²) in [6, 6.07) is 0. The fourth-order valence-electron chi connectivity index (χ4n) is 4.47. The van der Waals surface area contributed by atoms with Crippen LogP contribution < -0.4 is 5.32 Å². The van der Waals surface area contributed by atoms with E-state index in [1.807, 2.05) is 0 Å². The number of aliphatic hydroxyl groups is 1. The van der Waals surface area contributed by atoms with E-state index in [4.69, 9.17) is 0 Å². The van der Waals surface area contributed by atoms with Gasteiger partial charge in [0.25, 0.3) is 0 Å². The van der Waals surface area contributed by atoms with Gasteiger partial charge in [0.15, 0.2) is 0 Å². The van der Waals surface area contributed by atoms with Crippen molar-refractivity contribution < 1.29 is 5.11 Å². The molecule has 0 aromatic carbocycles. The molecule has 7 heteroatoms. The van der Waals surface area contributed by atoms with Gasteiger partial charge in [-0.3, -0.25) is 24.5 Å². The van der Waals surface area contributed by atoms with E-state index in [1.54, 1.807) is 0 Å². The summed E-state index contributed by atoms with van der Waals surface area (Å²) >= 11 is 0. The molecule has 0 saturated carbocycles. The summed E-state index contributed by atoms with van der Waals surface area (Å²) in [5.41, 5.74) is 1.28. The molecule has 1 heterocycles. The van der Waals surface area contributed by atoms with Crippen molar-refractivity contribution in [3.8, 4) is 0 Å². The molecule has 2 N–H and O–H groups in total. The Balaban J connectivity index is 0.000000661. The molecule has 1 saturated heterocycles. The Morgan fingerprint density at radius 2 is 1.17 bits per heavy atom. The van der Waals surface area contributed by atoms with Crippen LogP contribution in [0.4, 0.5) is 0 Å². The molecule has 0 spiro atoms. The fourth-order valence-corrected chi connectivity index (χ4v) is 4.47. The molecule has 0 bridgehead atoms. The van der Waals surface area contributed by atoms with Crippen LogP contribution in [0.15, 0.2) is 0 Å². The van der Waals surface area contributed by atoms with E-state index in [0.717, 1.165) is 59.5 Å². The zero-order valence-electron chi connectivity index (χ0n) is 26.3. The standard InChI is InChI=1S/C14H33N3O.C14H31N3/c1-13(2,3)8-15-10-16(7)11-17(12-18)9-14(4,5)6;1-13(2,3)8-16-10-15(7)11-17(12-16)9-14(4,5)6/h15,18H,8-12H2,1-7H3;8-12H2,1-7H3. The second kappa shape index (κ2) is 14.6. The molecule has 0 amide bonds. The minimum atomic E-state index is 0.112. The smallest absolute Gasteiger partial charge is 0.0966 e. The maximum atomic E-state index is 9.37. The van der Waals surface area contributed by atoms with Gasteiger partial charge in [-0.05, 0) is 35.8 Å². The molecule has 0 atom stereocenters. The zero-order chi connectivity index (χ0) is 27.7. The minimum absolute atomic E-state index is 0.112. The Morgan fingerprint density at radius 1 is 0.714 bits per heavy atom. The van der Waals surface area contributed by atoms with Crippen LogP contribution in [-0.2, 0) is 0 Å². The number of hydrogen-bond acceptors (Lipinski definition) is 7. The monoisotopic (exact) mass is 501 g/mol. The average Bonchev–Trinajstić information content (AvgIpc) is 2.55. The van der Waals surface area contributed by atoms with Gasteiger partial charge in [-0.2, -0.15) is 0 Å². The lowest BCUT2D eigenvalue weighted by Gasteiger charge is -2.44. The van der Waals surface area contributed by atoms with E-state index in [-0.39, 0.29) is 12.1 Å². The summed E-state index contributed by atoms with van der Waals surface area (Å²) in [6.45, 7) is 36.4. The van der Waals surface area contributed by atoms with Gasteiger partial charge in [0, 0.05) is 32.8 Å². The molecule has 0 aliphatic carbocycles. The van der Waals surface area contributed by atoms with Gasteiger partial charge in [-0.25, -0.2) is 0 Å². The number of nitrogens with one attached hydrogen (secondary N) is 1. The molecular weight excluding hydrogens is 436 g/mol. The lowest BCUT2D eigenvalue weighted by atomic mass is 9.95. The van der Waals surface area contributed by atoms with Crippen LogP contribution in [0.25, 0.3) is 0 Å². The summed E-state index contributed by atoms with van der Waals surface area (Å²) in [7, 11) is 4.28. The Kier molecular flexibility index (Phi) is 14.5. The predicted octanol–water partition coefficient (Wildman–Crippen LogP) is 4.27. The van der Waals surface area contributed by atoms with Crippen LogP contribution in [0.3, 0.4) is 0 Å². The lowest BCUT2D eigenvalue weighted by Crippen LogP contribution is -2.56. The molecular formula is C28H64N6O. The van der Waals surface area contributed by atoms with Crippen molar-refractivity contribution in [2.24, 2.45) is 21.7 Å². The van der Waals surface area contributed by atoms with Gasteiger partial charge in [0.05, 0.1) is 33.4 Å². The first-order valence-corrected chi connectivity index (χ1v) is 13.4. The third kappa shape index (κ3) is 21.5. The molecule has 0 radical (unpaired) electrons. The topological polar surface area (TPSA) is 48.5 Å². The van der Waals surface area contributed by atoms with Gasteiger partial charge in [-0.15, -0.1) is 0 Å². The molecule has 1 fully saturated rings. The molecule has 1 aliphatic heterocycles. The van der Waals surface area contributed by atoms with Crippen LogP contribution >= 0.6 is 0 Å². The second-order valence-corrected chi connectivity index (χ2v) is 15.7. The van der Waals surface area contributed by atoms with Gasteiger partial charge in [-0.1, -0.05) is 83.1 Å². The molecule has 1 aliphatic rings. The van der Waals surface area contributed by atoms with E-state index in [2.05, 4.69) is 127 Å². The quantitative estimate of drug-likeness (QED) is 0.459. The highest BCUT2D eigenvalue weighted by atomic mass is 16.3. The third-order valence-electron chi connectivity index (χ3n) is 5.06. The third-order valence-corrected chi connectivity index (χ3v) is 5.06. The lowest BCUT2D eigenvalue weighted by molar-refractivity contribution is -0.0420.